The maximum Gasteiger partial charge on any atom is 0.147 e. The molecule has 0 bridgehead atoms. The number of halogens is 2. The van der Waals surface area contributed by atoms with E-state index in [1.807, 2.05) is 6.07 Å². The highest BCUT2D eigenvalue weighted by atomic mass is 79.9. The number of hydrogen-bond donors (Lipinski definition) is 0. The zero-order valence-corrected chi connectivity index (χ0v) is 11.2. The average molecular weight is 320 g/mol. The normalized spacial score (nSPS) is 10.2. The number of benzene rings is 1. The summed E-state index contributed by atoms with van der Waals surface area (Å²) in [7, 11) is 0. The third kappa shape index (κ3) is 3.21. The van der Waals surface area contributed by atoms with Gasteiger partial charge in [-0.2, -0.15) is 0 Å². The van der Waals surface area contributed by atoms with Crippen molar-refractivity contribution >= 4 is 37.6 Å². The van der Waals surface area contributed by atoms with Gasteiger partial charge >= 0.3 is 0 Å². The van der Waals surface area contributed by atoms with Gasteiger partial charge in [-0.15, -0.1) is 0 Å². The van der Waals surface area contributed by atoms with Gasteiger partial charge in [0.25, 0.3) is 0 Å². The van der Waals surface area contributed by atoms with Crippen molar-refractivity contribution in [1.29, 1.82) is 0 Å². The molecule has 0 radical (unpaired) electrons. The number of carbonyl (C=O) groups excluding carboxylic acids is 1. The Kier molecular flexibility index (Phi) is 4.82. The molecule has 1 aromatic carbocycles. The van der Waals surface area contributed by atoms with Gasteiger partial charge in [-0.25, -0.2) is 0 Å². The molecule has 0 aliphatic carbocycles. The lowest BCUT2D eigenvalue weighted by molar-refractivity contribution is -0.115. The summed E-state index contributed by atoms with van der Waals surface area (Å²) in [5.41, 5.74) is 3.61. The highest BCUT2D eigenvalue weighted by Gasteiger charge is 2.03. The second-order valence-electron chi connectivity index (χ2n) is 3.24. The van der Waals surface area contributed by atoms with Crippen molar-refractivity contribution in [1.82, 2.24) is 0 Å². The topological polar surface area (TPSA) is 17.1 Å². The van der Waals surface area contributed by atoms with Gasteiger partial charge in [-0.1, -0.05) is 50.1 Å². The monoisotopic (exact) mass is 318 g/mol. The Morgan fingerprint density at radius 1 is 1.36 bits per heavy atom. The molecule has 76 valence electrons. The van der Waals surface area contributed by atoms with Crippen molar-refractivity contribution in [3.8, 4) is 0 Å². The van der Waals surface area contributed by atoms with Crippen LogP contribution in [-0.4, -0.2) is 11.1 Å². The summed E-state index contributed by atoms with van der Waals surface area (Å²) in [5.74, 6) is 0.217. The largest absolute Gasteiger partial charge is 0.298 e. The molecular weight excluding hydrogens is 308 g/mol. The molecule has 0 spiro atoms. The number of carbonyl (C=O) groups is 1. The summed E-state index contributed by atoms with van der Waals surface area (Å²) in [6.45, 7) is 2.08. The molecule has 1 aromatic rings. The van der Waals surface area contributed by atoms with Crippen LogP contribution >= 0.6 is 31.9 Å². The summed E-state index contributed by atoms with van der Waals surface area (Å²) in [6, 6.07) is 6.17. The lowest BCUT2D eigenvalue weighted by Gasteiger charge is -2.05. The molecule has 0 saturated carbocycles. The molecule has 0 aliphatic heterocycles. The summed E-state index contributed by atoms with van der Waals surface area (Å²) < 4.78 is 0. The van der Waals surface area contributed by atoms with Crippen LogP contribution in [0.15, 0.2) is 18.2 Å². The van der Waals surface area contributed by atoms with E-state index in [1.165, 1.54) is 11.1 Å². The maximum atomic E-state index is 11.2. The SMILES string of the molecule is Cc1ccc(CC(=O)CBr)cc1CBr. The smallest absolute Gasteiger partial charge is 0.147 e. The van der Waals surface area contributed by atoms with Crippen LogP contribution in [0.1, 0.15) is 16.7 Å². The van der Waals surface area contributed by atoms with Gasteiger partial charge in [-0.05, 0) is 23.6 Å². The molecule has 0 N–H and O–H groups in total. The average Bonchev–Trinajstić information content (AvgIpc) is 2.20. The molecule has 0 saturated heterocycles. The maximum absolute atomic E-state index is 11.2. The third-order valence-electron chi connectivity index (χ3n) is 2.11. The fourth-order valence-electron chi connectivity index (χ4n) is 1.25. The van der Waals surface area contributed by atoms with Crippen molar-refractivity contribution in [2.24, 2.45) is 0 Å². The molecule has 0 amide bonds. The fourth-order valence-corrected chi connectivity index (χ4v) is 2.06. The zero-order valence-electron chi connectivity index (χ0n) is 8.02. The first-order chi connectivity index (χ1) is 6.67. The van der Waals surface area contributed by atoms with E-state index in [2.05, 4.69) is 50.9 Å². The van der Waals surface area contributed by atoms with Gasteiger partial charge < -0.3 is 0 Å². The van der Waals surface area contributed by atoms with Crippen molar-refractivity contribution in [2.45, 2.75) is 18.7 Å². The fraction of sp³-hybridized carbons (Fsp3) is 0.364. The summed E-state index contributed by atoms with van der Waals surface area (Å²) >= 11 is 6.60. The second-order valence-corrected chi connectivity index (χ2v) is 4.37. The van der Waals surface area contributed by atoms with E-state index in [9.17, 15) is 4.79 Å². The highest BCUT2D eigenvalue weighted by molar-refractivity contribution is 9.09. The Bertz CT molecular complexity index is 334. The van der Waals surface area contributed by atoms with E-state index in [1.54, 1.807) is 0 Å². The first-order valence-corrected chi connectivity index (χ1v) is 6.63. The Morgan fingerprint density at radius 3 is 2.64 bits per heavy atom. The Morgan fingerprint density at radius 2 is 2.07 bits per heavy atom. The minimum atomic E-state index is 0.217. The molecule has 0 heterocycles. The van der Waals surface area contributed by atoms with E-state index >= 15 is 0 Å². The van der Waals surface area contributed by atoms with E-state index in [0.29, 0.717) is 11.8 Å². The van der Waals surface area contributed by atoms with E-state index in [4.69, 9.17) is 0 Å². The molecule has 14 heavy (non-hydrogen) atoms. The van der Waals surface area contributed by atoms with Gasteiger partial charge in [0.2, 0.25) is 0 Å². The Hall–Kier alpha value is -0.150. The van der Waals surface area contributed by atoms with Crippen LogP contribution in [0, 0.1) is 6.92 Å². The zero-order chi connectivity index (χ0) is 10.6. The van der Waals surface area contributed by atoms with Gasteiger partial charge in [0.1, 0.15) is 5.78 Å². The highest BCUT2D eigenvalue weighted by Crippen LogP contribution is 2.15. The van der Waals surface area contributed by atoms with E-state index in [0.717, 1.165) is 10.9 Å². The van der Waals surface area contributed by atoms with Crippen LogP contribution in [0.3, 0.4) is 0 Å². The van der Waals surface area contributed by atoms with Gasteiger partial charge in [0.15, 0.2) is 0 Å². The van der Waals surface area contributed by atoms with Crippen molar-refractivity contribution in [3.63, 3.8) is 0 Å². The lowest BCUT2D eigenvalue weighted by Crippen LogP contribution is -2.03. The number of aryl methyl sites for hydroxylation is 1. The van der Waals surface area contributed by atoms with Gasteiger partial charge in [0.05, 0.1) is 5.33 Å². The minimum absolute atomic E-state index is 0.217. The Labute approximate surface area is 101 Å². The lowest BCUT2D eigenvalue weighted by atomic mass is 10.0. The second kappa shape index (κ2) is 5.66. The van der Waals surface area contributed by atoms with Crippen molar-refractivity contribution < 1.29 is 4.79 Å². The van der Waals surface area contributed by atoms with Crippen LogP contribution in [0.25, 0.3) is 0 Å². The van der Waals surface area contributed by atoms with Crippen LogP contribution in [0.5, 0.6) is 0 Å². The Balaban J connectivity index is 2.84. The molecule has 3 heteroatoms. The number of ketones is 1. The summed E-state index contributed by atoms with van der Waals surface area (Å²) in [6.07, 6.45) is 0.519. The summed E-state index contributed by atoms with van der Waals surface area (Å²) in [5, 5.41) is 1.28. The van der Waals surface area contributed by atoms with Crippen LogP contribution in [-0.2, 0) is 16.5 Å². The molecule has 0 unspecified atom stereocenters. The predicted octanol–water partition coefficient (Wildman–Crippen LogP) is 3.40. The third-order valence-corrected chi connectivity index (χ3v) is 3.34. The van der Waals surface area contributed by atoms with Crippen LogP contribution in [0.4, 0.5) is 0 Å². The number of hydrogen-bond acceptors (Lipinski definition) is 1. The first kappa shape index (κ1) is 11.9. The van der Waals surface area contributed by atoms with Gasteiger partial charge in [0, 0.05) is 11.8 Å². The van der Waals surface area contributed by atoms with Crippen molar-refractivity contribution in [2.75, 3.05) is 5.33 Å². The first-order valence-electron chi connectivity index (χ1n) is 4.39. The quantitative estimate of drug-likeness (QED) is 0.777. The molecule has 0 fully saturated rings. The molecule has 0 aromatic heterocycles. The van der Waals surface area contributed by atoms with Crippen molar-refractivity contribution in [3.05, 3.63) is 34.9 Å². The molecule has 0 aliphatic rings. The predicted molar refractivity (Wildman–Crippen MR) is 66.3 cm³/mol. The number of Topliss-reactive ketones (excluding diaryl/α,β-unsaturated/α-hetero) is 1. The number of rotatable bonds is 4. The molecular formula is C11H12Br2O. The molecule has 1 nitrogen and oxygen atoms in total. The van der Waals surface area contributed by atoms with E-state index in [-0.39, 0.29) is 5.78 Å². The van der Waals surface area contributed by atoms with Crippen LogP contribution in [0.2, 0.25) is 0 Å². The number of alkyl halides is 2. The standard InChI is InChI=1S/C11H12Br2O/c1-8-2-3-9(4-10(8)6-12)5-11(14)7-13/h2-4H,5-7H2,1H3. The van der Waals surface area contributed by atoms with E-state index < -0.39 is 0 Å². The summed E-state index contributed by atoms with van der Waals surface area (Å²) in [4.78, 5) is 11.2. The minimum Gasteiger partial charge on any atom is -0.298 e. The molecule has 1 rings (SSSR count). The molecule has 0 atom stereocenters. The van der Waals surface area contributed by atoms with Crippen LogP contribution < -0.4 is 0 Å². The van der Waals surface area contributed by atoms with Gasteiger partial charge in [-0.3, -0.25) is 4.79 Å².